The van der Waals surface area contributed by atoms with Gasteiger partial charge >= 0.3 is 5.97 Å². The van der Waals surface area contributed by atoms with Crippen molar-refractivity contribution < 1.29 is 14.3 Å². The van der Waals surface area contributed by atoms with Crippen LogP contribution < -0.4 is 0 Å². The number of esters is 1. The zero-order valence-corrected chi connectivity index (χ0v) is 9.62. The van der Waals surface area contributed by atoms with Crippen molar-refractivity contribution in [3.63, 3.8) is 0 Å². The number of hydrogen-bond donors (Lipinski definition) is 0. The summed E-state index contributed by atoms with van der Waals surface area (Å²) in [5.41, 5.74) is -0.134. The summed E-state index contributed by atoms with van der Waals surface area (Å²) >= 11 is 0. The lowest BCUT2D eigenvalue weighted by molar-refractivity contribution is -0.144. The summed E-state index contributed by atoms with van der Waals surface area (Å²) in [6, 6.07) is 0. The first-order valence-corrected chi connectivity index (χ1v) is 6.06. The molecule has 0 aromatic carbocycles. The van der Waals surface area contributed by atoms with E-state index in [0.29, 0.717) is 6.61 Å². The number of carbonyl (C=O) groups excluding carboxylic acids is 1. The second-order valence-corrected chi connectivity index (χ2v) is 4.69. The van der Waals surface area contributed by atoms with E-state index in [9.17, 15) is 4.79 Å². The molecule has 3 atom stereocenters. The molecule has 0 bridgehead atoms. The molecule has 2 aliphatic rings. The predicted octanol–water partition coefficient (Wildman–Crippen LogP) is 2.29. The molecule has 1 saturated carbocycles. The van der Waals surface area contributed by atoms with Gasteiger partial charge in [0.05, 0.1) is 6.61 Å². The van der Waals surface area contributed by atoms with E-state index in [1.807, 2.05) is 6.92 Å². The average Bonchev–Trinajstić information content (AvgIpc) is 2.92. The maximum absolute atomic E-state index is 11.5. The molecule has 1 spiro atoms. The van der Waals surface area contributed by atoms with E-state index in [4.69, 9.17) is 9.47 Å². The first-order chi connectivity index (χ1) is 7.22. The van der Waals surface area contributed by atoms with Gasteiger partial charge in [0.1, 0.15) is 5.60 Å². The molecule has 0 aromatic heterocycles. The Balaban J connectivity index is 1.91. The lowest BCUT2D eigenvalue weighted by Gasteiger charge is -2.26. The molecular weight excluding hydrogens is 192 g/mol. The van der Waals surface area contributed by atoms with Gasteiger partial charge in [0, 0.05) is 0 Å². The maximum Gasteiger partial charge on any atom is 0.338 e. The Kier molecular flexibility index (Phi) is 3.01. The highest BCUT2D eigenvalue weighted by Gasteiger charge is 2.62. The lowest BCUT2D eigenvalue weighted by atomic mass is 9.78. The molecule has 1 aliphatic carbocycles. The molecule has 2 fully saturated rings. The maximum atomic E-state index is 11.5. The van der Waals surface area contributed by atoms with Crippen molar-refractivity contribution in [2.45, 2.75) is 57.7 Å². The molecule has 3 unspecified atom stereocenters. The standard InChI is InChI=1S/C12H20O3/c1-3-9-6-5-7-12(8-9)10(15-12)11(13)14-4-2/h9-10H,3-8H2,1-2H3. The van der Waals surface area contributed by atoms with E-state index in [1.54, 1.807) is 0 Å². The summed E-state index contributed by atoms with van der Waals surface area (Å²) < 4.78 is 10.6. The monoisotopic (exact) mass is 212 g/mol. The van der Waals surface area contributed by atoms with Gasteiger partial charge in [-0.15, -0.1) is 0 Å². The van der Waals surface area contributed by atoms with Gasteiger partial charge in [-0.25, -0.2) is 4.79 Å². The Morgan fingerprint density at radius 3 is 3.00 bits per heavy atom. The third-order valence-electron chi connectivity index (χ3n) is 3.70. The molecule has 1 saturated heterocycles. The highest BCUT2D eigenvalue weighted by molar-refractivity contribution is 5.79. The fraction of sp³-hybridized carbons (Fsp3) is 0.917. The Morgan fingerprint density at radius 2 is 2.33 bits per heavy atom. The van der Waals surface area contributed by atoms with Crippen molar-refractivity contribution >= 4 is 5.97 Å². The molecule has 1 aliphatic heterocycles. The topological polar surface area (TPSA) is 38.8 Å². The van der Waals surface area contributed by atoms with Crippen LogP contribution in [0.2, 0.25) is 0 Å². The third kappa shape index (κ3) is 2.03. The average molecular weight is 212 g/mol. The van der Waals surface area contributed by atoms with Crippen LogP contribution in [0.3, 0.4) is 0 Å². The van der Waals surface area contributed by atoms with Crippen LogP contribution in [0.15, 0.2) is 0 Å². The van der Waals surface area contributed by atoms with Crippen LogP contribution in [-0.4, -0.2) is 24.3 Å². The van der Waals surface area contributed by atoms with Crippen molar-refractivity contribution in [1.82, 2.24) is 0 Å². The minimum atomic E-state index is -0.258. The minimum absolute atomic E-state index is 0.134. The van der Waals surface area contributed by atoms with Gasteiger partial charge in [0.2, 0.25) is 0 Å². The Labute approximate surface area is 91.1 Å². The Hall–Kier alpha value is -0.570. The number of epoxide rings is 1. The Morgan fingerprint density at radius 1 is 1.53 bits per heavy atom. The molecule has 0 aromatic rings. The highest BCUT2D eigenvalue weighted by Crippen LogP contribution is 2.50. The zero-order valence-electron chi connectivity index (χ0n) is 9.62. The van der Waals surface area contributed by atoms with Crippen molar-refractivity contribution in [3.05, 3.63) is 0 Å². The van der Waals surface area contributed by atoms with Crippen molar-refractivity contribution in [3.8, 4) is 0 Å². The van der Waals surface area contributed by atoms with Crippen molar-refractivity contribution in [2.24, 2.45) is 5.92 Å². The molecule has 0 radical (unpaired) electrons. The summed E-state index contributed by atoms with van der Waals surface area (Å²) in [7, 11) is 0. The molecule has 1 heterocycles. The largest absolute Gasteiger partial charge is 0.464 e. The van der Waals surface area contributed by atoms with Crippen LogP contribution in [0, 0.1) is 5.92 Å². The summed E-state index contributed by atoms with van der Waals surface area (Å²) in [6.45, 7) is 4.50. The Bertz CT molecular complexity index is 251. The van der Waals surface area contributed by atoms with Crippen molar-refractivity contribution in [1.29, 1.82) is 0 Å². The number of ether oxygens (including phenoxy) is 2. The first-order valence-electron chi connectivity index (χ1n) is 6.06. The number of carbonyl (C=O) groups is 1. The second kappa shape index (κ2) is 4.12. The normalized spacial score (nSPS) is 39.1. The molecule has 86 valence electrons. The van der Waals surface area contributed by atoms with Gasteiger partial charge in [-0.05, 0) is 25.7 Å². The molecule has 0 N–H and O–H groups in total. The minimum Gasteiger partial charge on any atom is -0.464 e. The van der Waals surface area contributed by atoms with E-state index in [-0.39, 0.29) is 17.7 Å². The fourth-order valence-electron chi connectivity index (χ4n) is 2.76. The first kappa shape index (κ1) is 10.9. The van der Waals surface area contributed by atoms with Crippen molar-refractivity contribution in [2.75, 3.05) is 6.61 Å². The van der Waals surface area contributed by atoms with Gasteiger partial charge in [-0.1, -0.05) is 26.2 Å². The van der Waals surface area contributed by atoms with Gasteiger partial charge in [-0.2, -0.15) is 0 Å². The van der Waals surface area contributed by atoms with Crippen LogP contribution in [0.5, 0.6) is 0 Å². The number of hydrogen-bond acceptors (Lipinski definition) is 3. The molecule has 3 nitrogen and oxygen atoms in total. The fourth-order valence-corrected chi connectivity index (χ4v) is 2.76. The molecule has 15 heavy (non-hydrogen) atoms. The van der Waals surface area contributed by atoms with Crippen LogP contribution in [0.25, 0.3) is 0 Å². The van der Waals surface area contributed by atoms with Crippen LogP contribution in [-0.2, 0) is 14.3 Å². The quantitative estimate of drug-likeness (QED) is 0.532. The number of rotatable bonds is 3. The highest BCUT2D eigenvalue weighted by atomic mass is 16.7. The van der Waals surface area contributed by atoms with Gasteiger partial charge < -0.3 is 9.47 Å². The molecule has 3 heteroatoms. The third-order valence-corrected chi connectivity index (χ3v) is 3.70. The molecule has 0 amide bonds. The van der Waals surface area contributed by atoms with E-state index in [2.05, 4.69) is 6.92 Å². The van der Waals surface area contributed by atoms with Gasteiger partial charge in [0.25, 0.3) is 0 Å². The summed E-state index contributed by atoms with van der Waals surface area (Å²) in [5.74, 6) is 0.576. The van der Waals surface area contributed by atoms with Crippen LogP contribution in [0.1, 0.15) is 46.0 Å². The summed E-state index contributed by atoms with van der Waals surface area (Å²) in [6.07, 6.45) is 5.50. The van der Waals surface area contributed by atoms with E-state index < -0.39 is 0 Å². The summed E-state index contributed by atoms with van der Waals surface area (Å²) in [5, 5.41) is 0. The van der Waals surface area contributed by atoms with E-state index >= 15 is 0 Å². The molecule has 2 rings (SSSR count). The molecular formula is C12H20O3. The van der Waals surface area contributed by atoms with Gasteiger partial charge in [-0.3, -0.25) is 0 Å². The van der Waals surface area contributed by atoms with Crippen LogP contribution in [0.4, 0.5) is 0 Å². The smallest absolute Gasteiger partial charge is 0.338 e. The van der Waals surface area contributed by atoms with Gasteiger partial charge in [0.15, 0.2) is 6.10 Å². The second-order valence-electron chi connectivity index (χ2n) is 4.69. The summed E-state index contributed by atoms with van der Waals surface area (Å²) in [4.78, 5) is 11.5. The van der Waals surface area contributed by atoms with E-state index in [1.165, 1.54) is 19.3 Å². The predicted molar refractivity (Wildman–Crippen MR) is 56.5 cm³/mol. The SMILES string of the molecule is CCOC(=O)C1OC12CCCC(CC)C2. The van der Waals surface area contributed by atoms with Crippen LogP contribution >= 0.6 is 0 Å². The lowest BCUT2D eigenvalue weighted by Crippen LogP contribution is -2.29. The van der Waals surface area contributed by atoms with E-state index in [0.717, 1.165) is 18.8 Å². The zero-order chi connectivity index (χ0) is 10.9.